The zero-order valence-corrected chi connectivity index (χ0v) is 11.1. The first kappa shape index (κ1) is 14.4. The molecule has 1 atom stereocenters. The third-order valence-corrected chi connectivity index (χ3v) is 2.89. The van der Waals surface area contributed by atoms with Crippen LogP contribution < -0.4 is 5.32 Å². The molecule has 0 aliphatic rings. The third kappa shape index (κ3) is 4.26. The molecule has 1 unspecified atom stereocenters. The van der Waals surface area contributed by atoms with Gasteiger partial charge in [0.1, 0.15) is 5.82 Å². The first-order valence-electron chi connectivity index (χ1n) is 5.95. The Balaban J connectivity index is 2.83. The molecule has 0 heterocycles. The summed E-state index contributed by atoms with van der Waals surface area (Å²) in [5.41, 5.74) is 0.758. The van der Waals surface area contributed by atoms with Gasteiger partial charge in [0.15, 0.2) is 0 Å². The fourth-order valence-corrected chi connectivity index (χ4v) is 1.86. The molecule has 0 saturated heterocycles. The Bertz CT molecular complexity index is 338. The second-order valence-electron chi connectivity index (χ2n) is 3.81. The van der Waals surface area contributed by atoms with Crippen molar-refractivity contribution in [1.82, 2.24) is 5.32 Å². The number of nitrogens with one attached hydrogen (secondary N) is 1. The molecule has 0 amide bonds. The van der Waals surface area contributed by atoms with Crippen molar-refractivity contribution in [1.29, 1.82) is 0 Å². The maximum absolute atomic E-state index is 13.4. The quantitative estimate of drug-likeness (QED) is 0.809. The minimum atomic E-state index is -0.385. The summed E-state index contributed by atoms with van der Waals surface area (Å²) in [6, 6.07) is 4.81. The average Bonchev–Trinajstić information content (AvgIpc) is 2.34. The van der Waals surface area contributed by atoms with Crippen LogP contribution in [0.5, 0.6) is 0 Å². The summed E-state index contributed by atoms with van der Waals surface area (Å²) < 4.78 is 18.8. The molecule has 1 aromatic rings. The summed E-state index contributed by atoms with van der Waals surface area (Å²) in [6.07, 6.45) is 1.01. The monoisotopic (exact) mass is 259 g/mol. The van der Waals surface area contributed by atoms with Crippen molar-refractivity contribution in [3.8, 4) is 0 Å². The maximum Gasteiger partial charge on any atom is 0.142 e. The number of hydrogen-bond acceptors (Lipinski definition) is 2. The summed E-state index contributed by atoms with van der Waals surface area (Å²) in [5, 5.41) is 3.49. The van der Waals surface area contributed by atoms with E-state index < -0.39 is 0 Å². The van der Waals surface area contributed by atoms with Gasteiger partial charge in [-0.3, -0.25) is 0 Å². The number of ether oxygens (including phenoxy) is 1. The fourth-order valence-electron chi connectivity index (χ4n) is 1.60. The highest BCUT2D eigenvalue weighted by atomic mass is 35.5. The fraction of sp³-hybridized carbons (Fsp3) is 0.538. The molecular formula is C13H19ClFNO. The van der Waals surface area contributed by atoms with Gasteiger partial charge in [0.2, 0.25) is 0 Å². The van der Waals surface area contributed by atoms with Gasteiger partial charge in [0, 0.05) is 6.61 Å². The lowest BCUT2D eigenvalue weighted by molar-refractivity contribution is 0.123. The van der Waals surface area contributed by atoms with Crippen molar-refractivity contribution < 1.29 is 9.13 Å². The van der Waals surface area contributed by atoms with E-state index in [0.29, 0.717) is 13.2 Å². The van der Waals surface area contributed by atoms with Crippen molar-refractivity contribution in [3.05, 3.63) is 34.6 Å². The molecule has 96 valence electrons. The van der Waals surface area contributed by atoms with Gasteiger partial charge >= 0.3 is 0 Å². The highest BCUT2D eigenvalue weighted by molar-refractivity contribution is 6.31. The number of halogens is 2. The maximum atomic E-state index is 13.4. The van der Waals surface area contributed by atoms with Crippen molar-refractivity contribution in [2.45, 2.75) is 26.3 Å². The molecule has 0 bridgehead atoms. The highest BCUT2D eigenvalue weighted by Gasteiger charge is 2.16. The summed E-state index contributed by atoms with van der Waals surface area (Å²) in [7, 11) is 0. The van der Waals surface area contributed by atoms with E-state index in [2.05, 4.69) is 12.2 Å². The van der Waals surface area contributed by atoms with Crippen LogP contribution >= 0.6 is 11.6 Å². The highest BCUT2D eigenvalue weighted by Crippen LogP contribution is 2.25. The van der Waals surface area contributed by atoms with Crippen molar-refractivity contribution in [2.75, 3.05) is 19.8 Å². The van der Waals surface area contributed by atoms with Crippen LogP contribution in [0.15, 0.2) is 18.2 Å². The molecule has 0 radical (unpaired) electrons. The minimum Gasteiger partial charge on any atom is -0.380 e. The SMILES string of the molecule is CCCNC(COCC)c1cccc(F)c1Cl. The van der Waals surface area contributed by atoms with Crippen LogP contribution in [0.25, 0.3) is 0 Å². The minimum absolute atomic E-state index is 0.0573. The lowest BCUT2D eigenvalue weighted by Gasteiger charge is -2.20. The largest absolute Gasteiger partial charge is 0.380 e. The van der Waals surface area contributed by atoms with E-state index in [1.807, 2.05) is 13.0 Å². The smallest absolute Gasteiger partial charge is 0.142 e. The summed E-state index contributed by atoms with van der Waals surface area (Å²) in [6.45, 7) is 6.00. The second-order valence-corrected chi connectivity index (χ2v) is 4.19. The number of hydrogen-bond donors (Lipinski definition) is 1. The first-order chi connectivity index (χ1) is 8.20. The molecule has 4 heteroatoms. The molecule has 17 heavy (non-hydrogen) atoms. The molecule has 1 N–H and O–H groups in total. The Hall–Kier alpha value is -0.640. The van der Waals surface area contributed by atoms with E-state index in [1.54, 1.807) is 6.07 Å². The molecule has 1 aromatic carbocycles. The summed E-state index contributed by atoms with van der Waals surface area (Å²) >= 11 is 5.98. The zero-order valence-electron chi connectivity index (χ0n) is 10.3. The van der Waals surface area contributed by atoms with E-state index >= 15 is 0 Å². The summed E-state index contributed by atoms with van der Waals surface area (Å²) in [5.74, 6) is -0.385. The van der Waals surface area contributed by atoms with Crippen LogP contribution in [0.2, 0.25) is 5.02 Å². The molecule has 1 rings (SSSR count). The van der Waals surface area contributed by atoms with Crippen LogP contribution in [-0.2, 0) is 4.74 Å². The van der Waals surface area contributed by atoms with Crippen molar-refractivity contribution >= 4 is 11.6 Å². The standard InChI is InChI=1S/C13H19ClFNO/c1-3-8-16-12(9-17-4-2)10-6-5-7-11(15)13(10)14/h5-7,12,16H,3-4,8-9H2,1-2H3. The van der Waals surface area contributed by atoms with E-state index in [9.17, 15) is 4.39 Å². The molecular weight excluding hydrogens is 241 g/mol. The predicted molar refractivity (Wildman–Crippen MR) is 68.9 cm³/mol. The number of rotatable bonds is 7. The normalized spacial score (nSPS) is 12.7. The van der Waals surface area contributed by atoms with Crippen LogP contribution in [0.1, 0.15) is 31.9 Å². The van der Waals surface area contributed by atoms with Gasteiger partial charge in [-0.2, -0.15) is 0 Å². The third-order valence-electron chi connectivity index (χ3n) is 2.49. The molecule has 0 fully saturated rings. The lowest BCUT2D eigenvalue weighted by Crippen LogP contribution is -2.26. The van der Waals surface area contributed by atoms with E-state index in [0.717, 1.165) is 18.5 Å². The second kappa shape index (κ2) is 7.64. The van der Waals surface area contributed by atoms with Gasteiger partial charge in [0.05, 0.1) is 17.7 Å². The molecule has 2 nitrogen and oxygen atoms in total. The Kier molecular flexibility index (Phi) is 6.48. The Morgan fingerprint density at radius 1 is 1.41 bits per heavy atom. The van der Waals surface area contributed by atoms with Crippen LogP contribution in [0, 0.1) is 5.82 Å². The van der Waals surface area contributed by atoms with Crippen LogP contribution in [-0.4, -0.2) is 19.8 Å². The molecule has 0 aliphatic heterocycles. The van der Waals surface area contributed by atoms with Gasteiger partial charge in [-0.05, 0) is 31.5 Å². The zero-order chi connectivity index (χ0) is 12.7. The summed E-state index contributed by atoms with van der Waals surface area (Å²) in [4.78, 5) is 0. The van der Waals surface area contributed by atoms with E-state index in [4.69, 9.17) is 16.3 Å². The average molecular weight is 260 g/mol. The van der Waals surface area contributed by atoms with Crippen molar-refractivity contribution in [2.24, 2.45) is 0 Å². The van der Waals surface area contributed by atoms with Gasteiger partial charge in [-0.25, -0.2) is 4.39 Å². The first-order valence-corrected chi connectivity index (χ1v) is 6.33. The Morgan fingerprint density at radius 2 is 2.18 bits per heavy atom. The molecule has 0 aliphatic carbocycles. The van der Waals surface area contributed by atoms with Crippen LogP contribution in [0.3, 0.4) is 0 Å². The predicted octanol–water partition coefficient (Wildman–Crippen LogP) is 3.56. The Morgan fingerprint density at radius 3 is 2.82 bits per heavy atom. The molecule has 0 aromatic heterocycles. The molecule has 0 saturated carbocycles. The van der Waals surface area contributed by atoms with Gasteiger partial charge in [-0.1, -0.05) is 30.7 Å². The van der Waals surface area contributed by atoms with Crippen LogP contribution in [0.4, 0.5) is 4.39 Å². The lowest BCUT2D eigenvalue weighted by atomic mass is 10.1. The van der Waals surface area contributed by atoms with Crippen molar-refractivity contribution in [3.63, 3.8) is 0 Å². The topological polar surface area (TPSA) is 21.3 Å². The number of benzene rings is 1. The van der Waals surface area contributed by atoms with E-state index in [1.165, 1.54) is 6.07 Å². The van der Waals surface area contributed by atoms with Gasteiger partial charge < -0.3 is 10.1 Å². The molecule has 0 spiro atoms. The van der Waals surface area contributed by atoms with Gasteiger partial charge in [-0.15, -0.1) is 0 Å². The Labute approximate surface area is 107 Å². The van der Waals surface area contributed by atoms with E-state index in [-0.39, 0.29) is 16.9 Å². The van der Waals surface area contributed by atoms with Gasteiger partial charge in [0.25, 0.3) is 0 Å².